The van der Waals surface area contributed by atoms with Crippen LogP contribution in [0.25, 0.3) is 28.2 Å². The molecule has 1 fully saturated rings. The predicted octanol–water partition coefficient (Wildman–Crippen LogP) is 6.05. The van der Waals surface area contributed by atoms with Gasteiger partial charge in [0.2, 0.25) is 5.91 Å². The van der Waals surface area contributed by atoms with Gasteiger partial charge >= 0.3 is 0 Å². The molecule has 0 atom stereocenters. The van der Waals surface area contributed by atoms with Crippen LogP contribution >= 0.6 is 11.8 Å². The third-order valence-electron chi connectivity index (χ3n) is 5.34. The monoisotopic (exact) mass is 490 g/mol. The number of halogens is 2. The van der Waals surface area contributed by atoms with E-state index in [-0.39, 0.29) is 22.0 Å². The minimum atomic E-state index is -0.788. The number of amides is 3. The second-order valence-electron chi connectivity index (χ2n) is 7.67. The highest BCUT2D eigenvalue weighted by molar-refractivity contribution is 8.18. The van der Waals surface area contributed by atoms with Gasteiger partial charge in [-0.25, -0.2) is 8.78 Å². The highest BCUT2D eigenvalue weighted by atomic mass is 32.2. The van der Waals surface area contributed by atoms with E-state index in [9.17, 15) is 23.2 Å². The molecule has 9 heteroatoms. The maximum atomic E-state index is 14.0. The summed E-state index contributed by atoms with van der Waals surface area (Å²) in [7, 11) is 0. The molecule has 1 aromatic heterocycles. The first-order chi connectivity index (χ1) is 16.9. The van der Waals surface area contributed by atoms with E-state index in [4.69, 9.17) is 4.42 Å². The fraction of sp³-hybridized carbons (Fsp3) is 0.0385. The first kappa shape index (κ1) is 22.5. The zero-order chi connectivity index (χ0) is 24.5. The molecule has 0 radical (unpaired) electrons. The molecule has 3 aromatic carbocycles. The molecule has 0 spiro atoms. The lowest BCUT2D eigenvalue weighted by molar-refractivity contribution is -0.127. The quantitative estimate of drug-likeness (QED) is 0.345. The van der Waals surface area contributed by atoms with Crippen molar-refractivity contribution in [2.75, 3.05) is 11.9 Å². The van der Waals surface area contributed by atoms with Crippen LogP contribution in [0, 0.1) is 11.6 Å². The SMILES string of the molecule is O=C(CN1C(=O)S/C(=C/c2ccc(-c3ccc(F)cc3F)o2)C1=O)Nc1cccc2ccccc12. The molecule has 5 rings (SSSR count). The van der Waals surface area contributed by atoms with E-state index in [0.717, 1.165) is 27.8 Å². The van der Waals surface area contributed by atoms with Crippen LogP contribution < -0.4 is 5.32 Å². The zero-order valence-corrected chi connectivity index (χ0v) is 18.8. The number of anilines is 1. The van der Waals surface area contributed by atoms with Crippen molar-refractivity contribution >= 4 is 51.4 Å². The van der Waals surface area contributed by atoms with Crippen LogP contribution in [0.3, 0.4) is 0 Å². The van der Waals surface area contributed by atoms with Gasteiger partial charge in [0.15, 0.2) is 0 Å². The van der Waals surface area contributed by atoms with Gasteiger partial charge < -0.3 is 9.73 Å². The topological polar surface area (TPSA) is 79.6 Å². The van der Waals surface area contributed by atoms with E-state index in [2.05, 4.69) is 5.32 Å². The fourth-order valence-electron chi connectivity index (χ4n) is 3.70. The van der Waals surface area contributed by atoms with Gasteiger partial charge in [0.05, 0.1) is 10.5 Å². The Morgan fingerprint density at radius 3 is 2.63 bits per heavy atom. The fourth-order valence-corrected chi connectivity index (χ4v) is 4.52. The molecule has 0 aliphatic carbocycles. The summed E-state index contributed by atoms with van der Waals surface area (Å²) < 4.78 is 32.7. The number of hydrogen-bond acceptors (Lipinski definition) is 5. The van der Waals surface area contributed by atoms with Crippen molar-refractivity contribution in [3.05, 3.63) is 95.1 Å². The van der Waals surface area contributed by atoms with Gasteiger partial charge in [0, 0.05) is 23.2 Å². The Bertz CT molecular complexity index is 1520. The normalized spacial score (nSPS) is 14.8. The number of rotatable bonds is 5. The van der Waals surface area contributed by atoms with Crippen LogP contribution in [0.5, 0.6) is 0 Å². The lowest BCUT2D eigenvalue weighted by Crippen LogP contribution is -2.36. The second kappa shape index (κ2) is 9.19. The van der Waals surface area contributed by atoms with Crippen LogP contribution in [-0.4, -0.2) is 28.5 Å². The third-order valence-corrected chi connectivity index (χ3v) is 6.24. The lowest BCUT2D eigenvalue weighted by Gasteiger charge is -2.13. The summed E-state index contributed by atoms with van der Waals surface area (Å²) in [6, 6.07) is 19.0. The summed E-state index contributed by atoms with van der Waals surface area (Å²) in [5.41, 5.74) is 0.635. The van der Waals surface area contributed by atoms with E-state index in [1.165, 1.54) is 24.3 Å². The summed E-state index contributed by atoms with van der Waals surface area (Å²) in [6.07, 6.45) is 1.35. The molecule has 174 valence electrons. The molecule has 1 N–H and O–H groups in total. The number of hydrogen-bond donors (Lipinski definition) is 1. The summed E-state index contributed by atoms with van der Waals surface area (Å²) in [5, 5.41) is 3.94. The Hall–Kier alpha value is -4.24. The molecule has 1 aliphatic rings. The second-order valence-corrected chi connectivity index (χ2v) is 8.66. The molecule has 0 bridgehead atoms. The number of furan rings is 1. The van der Waals surface area contributed by atoms with E-state index < -0.39 is 35.2 Å². The highest BCUT2D eigenvalue weighted by Crippen LogP contribution is 2.34. The molecule has 6 nitrogen and oxygen atoms in total. The first-order valence-electron chi connectivity index (χ1n) is 10.5. The molecular formula is C26H16F2N2O4S. The van der Waals surface area contributed by atoms with Crippen molar-refractivity contribution in [2.45, 2.75) is 0 Å². The highest BCUT2D eigenvalue weighted by Gasteiger charge is 2.36. The first-order valence-corrected chi connectivity index (χ1v) is 11.3. The van der Waals surface area contributed by atoms with Gasteiger partial charge in [-0.2, -0.15) is 0 Å². The van der Waals surface area contributed by atoms with Gasteiger partial charge in [-0.3, -0.25) is 19.3 Å². The van der Waals surface area contributed by atoms with Gasteiger partial charge in [-0.15, -0.1) is 0 Å². The molecular weight excluding hydrogens is 474 g/mol. The molecule has 1 aliphatic heterocycles. The van der Waals surface area contributed by atoms with Crippen molar-refractivity contribution in [2.24, 2.45) is 0 Å². The summed E-state index contributed by atoms with van der Waals surface area (Å²) in [4.78, 5) is 38.7. The molecule has 2 heterocycles. The summed E-state index contributed by atoms with van der Waals surface area (Å²) >= 11 is 0.673. The number of nitrogens with one attached hydrogen (secondary N) is 1. The molecule has 3 amide bonds. The van der Waals surface area contributed by atoms with Gasteiger partial charge in [0.25, 0.3) is 11.1 Å². The van der Waals surface area contributed by atoms with Crippen LogP contribution in [-0.2, 0) is 9.59 Å². The Morgan fingerprint density at radius 1 is 1.00 bits per heavy atom. The smallest absolute Gasteiger partial charge is 0.294 e. The van der Waals surface area contributed by atoms with E-state index in [0.29, 0.717) is 17.4 Å². The van der Waals surface area contributed by atoms with E-state index in [1.54, 1.807) is 12.1 Å². The lowest BCUT2D eigenvalue weighted by atomic mass is 10.1. The van der Waals surface area contributed by atoms with Crippen molar-refractivity contribution in [3.63, 3.8) is 0 Å². The minimum absolute atomic E-state index is 0.0595. The van der Waals surface area contributed by atoms with Gasteiger partial charge in [0.1, 0.15) is 29.7 Å². The number of carbonyl (C=O) groups is 3. The average Bonchev–Trinajstić information content (AvgIpc) is 3.39. The van der Waals surface area contributed by atoms with Crippen LogP contribution in [0.2, 0.25) is 0 Å². The number of imide groups is 1. The molecule has 35 heavy (non-hydrogen) atoms. The average molecular weight is 490 g/mol. The van der Waals surface area contributed by atoms with Crippen molar-refractivity contribution in [3.8, 4) is 11.3 Å². The molecule has 0 unspecified atom stereocenters. The molecule has 1 saturated heterocycles. The Labute approximate surface area is 202 Å². The summed E-state index contributed by atoms with van der Waals surface area (Å²) in [5.74, 6) is -2.31. The number of thioether (sulfide) groups is 1. The standard InChI is InChI=1S/C26H16F2N2O4S/c27-16-8-10-19(20(28)12-16)22-11-9-17(34-22)13-23-25(32)30(26(33)35-23)14-24(31)29-21-7-3-5-15-4-1-2-6-18(15)21/h1-13H,14H2,(H,29,31)/b23-13+. The van der Waals surface area contributed by atoms with Gasteiger partial charge in [-0.05, 0) is 47.5 Å². The van der Waals surface area contributed by atoms with Crippen molar-refractivity contribution in [1.82, 2.24) is 4.90 Å². The molecule has 0 saturated carbocycles. The third kappa shape index (κ3) is 4.58. The molecule has 4 aromatic rings. The Morgan fingerprint density at radius 2 is 1.80 bits per heavy atom. The number of nitrogens with zero attached hydrogens (tertiary/aromatic N) is 1. The van der Waals surface area contributed by atoms with Crippen LogP contribution in [0.1, 0.15) is 5.76 Å². The number of fused-ring (bicyclic) bond motifs is 1. The zero-order valence-electron chi connectivity index (χ0n) is 18.0. The summed E-state index contributed by atoms with van der Waals surface area (Å²) in [6.45, 7) is -0.449. The maximum absolute atomic E-state index is 14.0. The van der Waals surface area contributed by atoms with Crippen LogP contribution in [0.4, 0.5) is 19.3 Å². The number of benzene rings is 3. The van der Waals surface area contributed by atoms with E-state index in [1.807, 2.05) is 30.3 Å². The largest absolute Gasteiger partial charge is 0.457 e. The van der Waals surface area contributed by atoms with Gasteiger partial charge in [-0.1, -0.05) is 36.4 Å². The number of carbonyl (C=O) groups excluding carboxylic acids is 3. The van der Waals surface area contributed by atoms with Crippen molar-refractivity contribution < 1.29 is 27.6 Å². The minimum Gasteiger partial charge on any atom is -0.457 e. The Balaban J connectivity index is 1.30. The Kier molecular flexibility index (Phi) is 5.92. The van der Waals surface area contributed by atoms with E-state index >= 15 is 0 Å². The predicted molar refractivity (Wildman–Crippen MR) is 129 cm³/mol. The maximum Gasteiger partial charge on any atom is 0.294 e. The van der Waals surface area contributed by atoms with Crippen molar-refractivity contribution in [1.29, 1.82) is 0 Å². The van der Waals surface area contributed by atoms with Crippen LogP contribution in [0.15, 0.2) is 82.1 Å².